The van der Waals surface area contributed by atoms with Crippen molar-refractivity contribution in [1.29, 1.82) is 0 Å². The fraction of sp³-hybridized carbons (Fsp3) is 0.667. The van der Waals surface area contributed by atoms with E-state index in [0.717, 1.165) is 18.8 Å². The van der Waals surface area contributed by atoms with Gasteiger partial charge in [0.05, 0.1) is 5.69 Å². The lowest BCUT2D eigenvalue weighted by molar-refractivity contribution is 0.626. The van der Waals surface area contributed by atoms with Crippen LogP contribution >= 0.6 is 22.6 Å². The number of nitrogens with one attached hydrogen (secondary N) is 1. The zero-order valence-electron chi connectivity index (χ0n) is 7.96. The molecule has 0 saturated heterocycles. The van der Waals surface area contributed by atoms with Gasteiger partial charge in [0.15, 0.2) is 0 Å². The highest BCUT2D eigenvalue weighted by Crippen LogP contribution is 1.95. The van der Waals surface area contributed by atoms with Gasteiger partial charge in [0.25, 0.3) is 0 Å². The van der Waals surface area contributed by atoms with Gasteiger partial charge < -0.3 is 5.32 Å². The summed E-state index contributed by atoms with van der Waals surface area (Å²) in [4.78, 5) is 0. The van der Waals surface area contributed by atoms with Crippen molar-refractivity contribution in [3.8, 4) is 0 Å². The van der Waals surface area contributed by atoms with E-state index in [0.29, 0.717) is 0 Å². The number of nitrogens with zero attached hydrogens (tertiary/aromatic N) is 2. The second-order valence-electron chi connectivity index (χ2n) is 3.05. The SMILES string of the molecule is Cn1ccc(CNCCCCI)n1. The Kier molecular flexibility index (Phi) is 5.38. The van der Waals surface area contributed by atoms with Crippen LogP contribution in [-0.2, 0) is 13.6 Å². The van der Waals surface area contributed by atoms with Crippen LogP contribution in [0.2, 0.25) is 0 Å². The molecule has 0 spiro atoms. The summed E-state index contributed by atoms with van der Waals surface area (Å²) in [5.74, 6) is 0. The molecular weight excluding hydrogens is 277 g/mol. The fourth-order valence-electron chi connectivity index (χ4n) is 1.12. The van der Waals surface area contributed by atoms with E-state index in [2.05, 4.69) is 33.0 Å². The van der Waals surface area contributed by atoms with Gasteiger partial charge >= 0.3 is 0 Å². The average Bonchev–Trinajstić information content (AvgIpc) is 2.51. The van der Waals surface area contributed by atoms with E-state index in [1.165, 1.54) is 17.3 Å². The summed E-state index contributed by atoms with van der Waals surface area (Å²) in [6, 6.07) is 2.05. The molecule has 1 aromatic rings. The third kappa shape index (κ3) is 4.61. The van der Waals surface area contributed by atoms with Crippen LogP contribution in [0, 0.1) is 0 Å². The van der Waals surface area contributed by atoms with Crippen LogP contribution in [0.3, 0.4) is 0 Å². The van der Waals surface area contributed by atoms with Crippen molar-refractivity contribution in [2.45, 2.75) is 19.4 Å². The highest BCUT2D eigenvalue weighted by molar-refractivity contribution is 14.1. The van der Waals surface area contributed by atoms with Crippen molar-refractivity contribution in [2.75, 3.05) is 11.0 Å². The first-order chi connectivity index (χ1) is 6.33. The second-order valence-corrected chi connectivity index (χ2v) is 4.13. The first-order valence-corrected chi connectivity index (χ1v) is 6.10. The van der Waals surface area contributed by atoms with E-state index < -0.39 is 0 Å². The summed E-state index contributed by atoms with van der Waals surface area (Å²) in [5, 5.41) is 7.65. The highest BCUT2D eigenvalue weighted by atomic mass is 127. The molecule has 13 heavy (non-hydrogen) atoms. The smallest absolute Gasteiger partial charge is 0.0762 e. The lowest BCUT2D eigenvalue weighted by Crippen LogP contribution is -2.15. The maximum Gasteiger partial charge on any atom is 0.0762 e. The Bertz CT molecular complexity index is 235. The molecule has 0 atom stereocenters. The monoisotopic (exact) mass is 293 g/mol. The number of hydrogen-bond acceptors (Lipinski definition) is 2. The Hall–Kier alpha value is -0.100. The molecule has 0 aromatic carbocycles. The molecule has 0 amide bonds. The van der Waals surface area contributed by atoms with Crippen LogP contribution in [-0.4, -0.2) is 20.8 Å². The van der Waals surface area contributed by atoms with Crippen molar-refractivity contribution in [2.24, 2.45) is 7.05 Å². The largest absolute Gasteiger partial charge is 0.311 e. The Labute approximate surface area is 93.0 Å². The minimum atomic E-state index is 0.891. The third-order valence-electron chi connectivity index (χ3n) is 1.81. The van der Waals surface area contributed by atoms with Crippen molar-refractivity contribution in [3.05, 3.63) is 18.0 Å². The molecule has 3 nitrogen and oxygen atoms in total. The van der Waals surface area contributed by atoms with Crippen molar-refractivity contribution in [1.82, 2.24) is 15.1 Å². The molecule has 0 aliphatic carbocycles. The zero-order chi connectivity index (χ0) is 9.52. The molecule has 0 bridgehead atoms. The Morgan fingerprint density at radius 1 is 1.54 bits per heavy atom. The Morgan fingerprint density at radius 3 is 3.00 bits per heavy atom. The van der Waals surface area contributed by atoms with Gasteiger partial charge in [0.1, 0.15) is 0 Å². The van der Waals surface area contributed by atoms with Crippen molar-refractivity contribution in [3.63, 3.8) is 0 Å². The molecule has 0 unspecified atom stereocenters. The topological polar surface area (TPSA) is 29.9 Å². The number of alkyl halides is 1. The van der Waals surface area contributed by atoms with Gasteiger partial charge in [-0.15, -0.1) is 0 Å². The summed E-state index contributed by atoms with van der Waals surface area (Å²) in [7, 11) is 1.94. The molecule has 1 rings (SSSR count). The van der Waals surface area contributed by atoms with Crippen molar-refractivity contribution < 1.29 is 0 Å². The lowest BCUT2D eigenvalue weighted by Gasteiger charge is -2.00. The van der Waals surface area contributed by atoms with Crippen LogP contribution in [0.15, 0.2) is 12.3 Å². The van der Waals surface area contributed by atoms with E-state index in [4.69, 9.17) is 0 Å². The predicted octanol–water partition coefficient (Wildman–Crippen LogP) is 1.72. The maximum absolute atomic E-state index is 4.28. The summed E-state index contributed by atoms with van der Waals surface area (Å²) in [6.45, 7) is 1.99. The molecule has 1 aromatic heterocycles. The average molecular weight is 293 g/mol. The minimum Gasteiger partial charge on any atom is -0.311 e. The molecule has 0 fully saturated rings. The molecule has 0 aliphatic heterocycles. The number of aryl methyl sites for hydroxylation is 1. The quantitative estimate of drug-likeness (QED) is 0.492. The molecular formula is C9H16IN3. The zero-order valence-corrected chi connectivity index (χ0v) is 10.1. The first-order valence-electron chi connectivity index (χ1n) is 4.58. The standard InChI is InChI=1S/C9H16IN3/c1-13-7-4-9(12-13)8-11-6-3-2-5-10/h4,7,11H,2-3,5-6,8H2,1H3. The van der Waals surface area contributed by atoms with Gasteiger partial charge in [-0.1, -0.05) is 22.6 Å². The van der Waals surface area contributed by atoms with Crippen LogP contribution in [0.25, 0.3) is 0 Å². The van der Waals surface area contributed by atoms with Crippen molar-refractivity contribution >= 4 is 22.6 Å². The number of aromatic nitrogens is 2. The predicted molar refractivity (Wildman–Crippen MR) is 63.0 cm³/mol. The number of hydrogen-bond donors (Lipinski definition) is 1. The van der Waals surface area contributed by atoms with Gasteiger partial charge in [-0.2, -0.15) is 5.10 Å². The molecule has 1 heterocycles. The second kappa shape index (κ2) is 6.37. The number of halogens is 1. The van der Waals surface area contributed by atoms with E-state index in [-0.39, 0.29) is 0 Å². The lowest BCUT2D eigenvalue weighted by atomic mass is 10.3. The van der Waals surface area contributed by atoms with Crippen LogP contribution in [0.4, 0.5) is 0 Å². The van der Waals surface area contributed by atoms with Crippen LogP contribution in [0.5, 0.6) is 0 Å². The number of unbranched alkanes of at least 4 members (excludes halogenated alkanes) is 1. The summed E-state index contributed by atoms with van der Waals surface area (Å²) >= 11 is 2.41. The van der Waals surface area contributed by atoms with Gasteiger partial charge in [-0.25, -0.2) is 0 Å². The summed E-state index contributed by atoms with van der Waals surface area (Å²) in [6.07, 6.45) is 4.54. The maximum atomic E-state index is 4.28. The summed E-state index contributed by atoms with van der Waals surface area (Å²) < 4.78 is 3.09. The highest BCUT2D eigenvalue weighted by Gasteiger charge is 1.94. The van der Waals surface area contributed by atoms with E-state index >= 15 is 0 Å². The summed E-state index contributed by atoms with van der Waals surface area (Å²) in [5.41, 5.74) is 1.12. The van der Waals surface area contributed by atoms with E-state index in [1.807, 2.05) is 24.0 Å². The van der Waals surface area contributed by atoms with Crippen LogP contribution < -0.4 is 5.32 Å². The molecule has 74 valence electrons. The normalized spacial score (nSPS) is 10.6. The molecule has 0 aliphatic rings. The minimum absolute atomic E-state index is 0.891. The van der Waals surface area contributed by atoms with Gasteiger partial charge in [0, 0.05) is 19.8 Å². The number of rotatable bonds is 6. The molecule has 0 saturated carbocycles. The Balaban J connectivity index is 2.06. The fourth-order valence-corrected chi connectivity index (χ4v) is 1.66. The third-order valence-corrected chi connectivity index (χ3v) is 2.57. The molecule has 1 N–H and O–H groups in total. The van der Waals surface area contributed by atoms with E-state index in [9.17, 15) is 0 Å². The van der Waals surface area contributed by atoms with E-state index in [1.54, 1.807) is 0 Å². The Morgan fingerprint density at radius 2 is 2.38 bits per heavy atom. The van der Waals surface area contributed by atoms with Gasteiger partial charge in [-0.05, 0) is 29.9 Å². The van der Waals surface area contributed by atoms with Gasteiger partial charge in [-0.3, -0.25) is 4.68 Å². The molecule has 4 heteroatoms. The first kappa shape index (κ1) is 11.0. The van der Waals surface area contributed by atoms with Crippen LogP contribution in [0.1, 0.15) is 18.5 Å². The van der Waals surface area contributed by atoms with Gasteiger partial charge in [0.2, 0.25) is 0 Å². The molecule has 0 radical (unpaired) electrons.